The van der Waals surface area contributed by atoms with Crippen LogP contribution in [0.5, 0.6) is 5.75 Å². The fourth-order valence-electron chi connectivity index (χ4n) is 3.65. The van der Waals surface area contributed by atoms with Gasteiger partial charge in [-0.05, 0) is 50.1 Å². The highest BCUT2D eigenvalue weighted by Gasteiger charge is 2.24. The summed E-state index contributed by atoms with van der Waals surface area (Å²) in [5.41, 5.74) is 3.95. The van der Waals surface area contributed by atoms with Crippen molar-refractivity contribution in [3.05, 3.63) is 53.2 Å². The largest absolute Gasteiger partial charge is 0.491 e. The van der Waals surface area contributed by atoms with Gasteiger partial charge in [0.2, 0.25) is 11.8 Å². The number of aliphatic imine (C=N–C) groups is 1. The number of fused-ring (bicyclic) bond motifs is 1. The first kappa shape index (κ1) is 19.1. The number of ether oxygens (including phenoxy) is 1. The number of amides is 2. The lowest BCUT2D eigenvalue weighted by Gasteiger charge is -2.12. The van der Waals surface area contributed by atoms with Crippen molar-refractivity contribution in [1.29, 1.82) is 0 Å². The molecule has 1 atom stereocenters. The van der Waals surface area contributed by atoms with Crippen LogP contribution in [0.15, 0.2) is 41.5 Å². The first-order chi connectivity index (χ1) is 14.0. The molecule has 2 aromatic rings. The van der Waals surface area contributed by atoms with Gasteiger partial charge in [0.05, 0.1) is 18.4 Å². The lowest BCUT2D eigenvalue weighted by molar-refractivity contribution is -0.119. The fourth-order valence-corrected chi connectivity index (χ4v) is 3.65. The number of carbonyl (C=O) groups excluding carboxylic acids is 2. The van der Waals surface area contributed by atoms with Gasteiger partial charge in [0.1, 0.15) is 11.6 Å². The Morgan fingerprint density at radius 3 is 2.93 bits per heavy atom. The van der Waals surface area contributed by atoms with Gasteiger partial charge in [-0.15, -0.1) is 0 Å². The SMILES string of the molecule is CC(C)Oc1ccc2c(c1)C(c1ccnc(NC(=O)CC3CCC(=O)N3)c1)=NC2. The Labute approximate surface area is 169 Å². The van der Waals surface area contributed by atoms with E-state index in [1.165, 1.54) is 0 Å². The molecule has 4 rings (SSSR count). The molecule has 0 aliphatic carbocycles. The van der Waals surface area contributed by atoms with E-state index in [-0.39, 0.29) is 30.4 Å². The predicted octanol–water partition coefficient (Wildman–Crippen LogP) is 2.83. The molecule has 1 aromatic heterocycles. The number of anilines is 1. The smallest absolute Gasteiger partial charge is 0.227 e. The maximum atomic E-state index is 12.3. The van der Waals surface area contributed by atoms with Crippen molar-refractivity contribution in [2.24, 2.45) is 4.99 Å². The minimum Gasteiger partial charge on any atom is -0.491 e. The molecule has 7 heteroatoms. The first-order valence-corrected chi connectivity index (χ1v) is 9.88. The zero-order valence-corrected chi connectivity index (χ0v) is 16.6. The number of hydrogen-bond acceptors (Lipinski definition) is 5. The molecular formula is C22H24N4O3. The fraction of sp³-hybridized carbons (Fsp3) is 0.364. The normalized spacial score (nSPS) is 17.7. The number of benzene rings is 1. The third-order valence-corrected chi connectivity index (χ3v) is 4.93. The summed E-state index contributed by atoms with van der Waals surface area (Å²) in [5, 5.41) is 5.63. The van der Waals surface area contributed by atoms with Crippen molar-refractivity contribution >= 4 is 23.3 Å². The summed E-state index contributed by atoms with van der Waals surface area (Å²) in [5.74, 6) is 1.13. The maximum absolute atomic E-state index is 12.3. The predicted molar refractivity (Wildman–Crippen MR) is 110 cm³/mol. The zero-order chi connectivity index (χ0) is 20.4. The monoisotopic (exact) mass is 392 g/mol. The van der Waals surface area contributed by atoms with Gasteiger partial charge in [0.15, 0.2) is 0 Å². The number of carbonyl (C=O) groups is 2. The average Bonchev–Trinajstić information content (AvgIpc) is 3.27. The van der Waals surface area contributed by atoms with Crippen LogP contribution in [0.2, 0.25) is 0 Å². The minimum absolute atomic E-state index is 0.00153. The summed E-state index contributed by atoms with van der Waals surface area (Å²) >= 11 is 0. The zero-order valence-electron chi connectivity index (χ0n) is 16.6. The molecule has 3 heterocycles. The average molecular weight is 392 g/mol. The Balaban J connectivity index is 1.49. The van der Waals surface area contributed by atoms with Crippen molar-refractivity contribution in [3.8, 4) is 5.75 Å². The number of aromatic nitrogens is 1. The van der Waals surface area contributed by atoms with Crippen molar-refractivity contribution in [3.63, 3.8) is 0 Å². The van der Waals surface area contributed by atoms with Gasteiger partial charge in [-0.1, -0.05) is 6.07 Å². The molecule has 29 heavy (non-hydrogen) atoms. The second-order valence-corrected chi connectivity index (χ2v) is 7.64. The molecule has 1 aromatic carbocycles. The quantitative estimate of drug-likeness (QED) is 0.791. The summed E-state index contributed by atoms with van der Waals surface area (Å²) in [6.07, 6.45) is 3.18. The highest BCUT2D eigenvalue weighted by atomic mass is 16.5. The topological polar surface area (TPSA) is 92.7 Å². The molecular weight excluding hydrogens is 368 g/mol. The van der Waals surface area contributed by atoms with Crippen LogP contribution in [0.25, 0.3) is 0 Å². The molecule has 1 unspecified atom stereocenters. The molecule has 2 aliphatic rings. The number of hydrogen-bond donors (Lipinski definition) is 2. The summed E-state index contributed by atoms with van der Waals surface area (Å²) in [6, 6.07) is 9.64. The van der Waals surface area contributed by atoms with E-state index < -0.39 is 0 Å². The second-order valence-electron chi connectivity index (χ2n) is 7.64. The van der Waals surface area contributed by atoms with Crippen molar-refractivity contribution < 1.29 is 14.3 Å². The number of pyridine rings is 1. The van der Waals surface area contributed by atoms with E-state index in [4.69, 9.17) is 4.74 Å². The van der Waals surface area contributed by atoms with Gasteiger partial charge in [0.25, 0.3) is 0 Å². The van der Waals surface area contributed by atoms with E-state index in [2.05, 4.69) is 20.6 Å². The van der Waals surface area contributed by atoms with Gasteiger partial charge in [-0.25, -0.2) is 4.98 Å². The lowest BCUT2D eigenvalue weighted by atomic mass is 10.0. The van der Waals surface area contributed by atoms with Crippen LogP contribution in [0.3, 0.4) is 0 Å². The van der Waals surface area contributed by atoms with Crippen LogP contribution < -0.4 is 15.4 Å². The summed E-state index contributed by atoms with van der Waals surface area (Å²) in [4.78, 5) is 32.5. The van der Waals surface area contributed by atoms with Crippen LogP contribution >= 0.6 is 0 Å². The van der Waals surface area contributed by atoms with Crippen LogP contribution in [-0.2, 0) is 16.1 Å². The Hall–Kier alpha value is -3.22. The highest BCUT2D eigenvalue weighted by molar-refractivity contribution is 6.15. The van der Waals surface area contributed by atoms with Crippen molar-refractivity contribution in [2.45, 2.75) is 51.8 Å². The molecule has 2 N–H and O–H groups in total. The molecule has 2 amide bonds. The third-order valence-electron chi connectivity index (χ3n) is 4.93. The molecule has 150 valence electrons. The van der Waals surface area contributed by atoms with E-state index in [1.54, 1.807) is 6.20 Å². The van der Waals surface area contributed by atoms with Gasteiger partial charge in [-0.2, -0.15) is 0 Å². The summed E-state index contributed by atoms with van der Waals surface area (Å²) < 4.78 is 5.82. The minimum atomic E-state index is -0.164. The molecule has 0 spiro atoms. The molecule has 1 fully saturated rings. The third kappa shape index (κ3) is 4.45. The second kappa shape index (κ2) is 8.03. The van der Waals surface area contributed by atoms with E-state index in [0.29, 0.717) is 25.2 Å². The van der Waals surface area contributed by atoms with Gasteiger partial charge in [0, 0.05) is 36.2 Å². The molecule has 0 radical (unpaired) electrons. The van der Waals surface area contributed by atoms with E-state index in [1.807, 2.05) is 44.2 Å². The lowest BCUT2D eigenvalue weighted by Crippen LogP contribution is -2.30. The molecule has 0 saturated carbocycles. The maximum Gasteiger partial charge on any atom is 0.227 e. The van der Waals surface area contributed by atoms with Crippen LogP contribution in [-0.4, -0.2) is 34.7 Å². The van der Waals surface area contributed by atoms with Crippen molar-refractivity contribution in [2.75, 3.05) is 5.32 Å². The van der Waals surface area contributed by atoms with Gasteiger partial charge in [-0.3, -0.25) is 14.6 Å². The molecule has 1 saturated heterocycles. The number of rotatable bonds is 6. The Morgan fingerprint density at radius 2 is 2.17 bits per heavy atom. The molecule has 7 nitrogen and oxygen atoms in total. The molecule has 2 aliphatic heterocycles. The number of nitrogens with one attached hydrogen (secondary N) is 2. The van der Waals surface area contributed by atoms with Crippen molar-refractivity contribution in [1.82, 2.24) is 10.3 Å². The van der Waals surface area contributed by atoms with E-state index in [0.717, 1.165) is 28.2 Å². The van der Waals surface area contributed by atoms with Gasteiger partial charge < -0.3 is 15.4 Å². The summed E-state index contributed by atoms with van der Waals surface area (Å²) in [6.45, 7) is 4.62. The van der Waals surface area contributed by atoms with Crippen LogP contribution in [0, 0.1) is 0 Å². The Bertz CT molecular complexity index is 984. The summed E-state index contributed by atoms with van der Waals surface area (Å²) in [7, 11) is 0. The highest BCUT2D eigenvalue weighted by Crippen LogP contribution is 2.28. The first-order valence-electron chi connectivity index (χ1n) is 9.88. The van der Waals surface area contributed by atoms with E-state index in [9.17, 15) is 9.59 Å². The number of nitrogens with zero attached hydrogens (tertiary/aromatic N) is 2. The standard InChI is InChI=1S/C22H24N4O3/c1-13(2)29-17-5-3-15-12-24-22(18(15)11-17)14-7-8-23-19(9-14)26-21(28)10-16-4-6-20(27)25-16/h3,5,7-9,11,13,16H,4,6,10,12H2,1-2H3,(H,25,27)(H,23,26,28). The van der Waals surface area contributed by atoms with Crippen LogP contribution in [0.1, 0.15) is 49.8 Å². The van der Waals surface area contributed by atoms with Gasteiger partial charge >= 0.3 is 0 Å². The van der Waals surface area contributed by atoms with Crippen LogP contribution in [0.4, 0.5) is 5.82 Å². The van der Waals surface area contributed by atoms with E-state index >= 15 is 0 Å². The Kier molecular flexibility index (Phi) is 5.29. The Morgan fingerprint density at radius 1 is 1.31 bits per heavy atom. The molecule has 0 bridgehead atoms.